The van der Waals surface area contributed by atoms with E-state index in [2.05, 4.69) is 4.98 Å². The minimum atomic E-state index is -4.34. The largest absolute Gasteiger partial charge is 0.418 e. The van der Waals surface area contributed by atoms with E-state index < -0.39 is 11.7 Å². The van der Waals surface area contributed by atoms with E-state index in [-0.39, 0.29) is 11.7 Å². The standard InChI is InChI=1S/C11H14F3N3/c1-7-9(11(12,13)14)2-3-10(16-7)17-5-4-8(15)6-17/h2-3,8H,4-6,15H2,1H3/t8-/m1/s1. The first kappa shape index (κ1) is 12.2. The van der Waals surface area contributed by atoms with Crippen molar-refractivity contribution in [2.24, 2.45) is 5.73 Å². The second-order valence-electron chi connectivity index (χ2n) is 4.29. The molecular weight excluding hydrogens is 231 g/mol. The van der Waals surface area contributed by atoms with Gasteiger partial charge in [0.25, 0.3) is 0 Å². The van der Waals surface area contributed by atoms with Gasteiger partial charge in [-0.15, -0.1) is 0 Å². The Hall–Kier alpha value is -1.30. The number of aryl methyl sites for hydroxylation is 1. The number of hydrogen-bond acceptors (Lipinski definition) is 3. The molecular formula is C11H14F3N3. The van der Waals surface area contributed by atoms with Crippen molar-refractivity contribution < 1.29 is 13.2 Å². The van der Waals surface area contributed by atoms with Crippen LogP contribution in [0, 0.1) is 6.92 Å². The maximum Gasteiger partial charge on any atom is 0.418 e. The number of nitrogens with two attached hydrogens (primary N) is 1. The van der Waals surface area contributed by atoms with Crippen LogP contribution in [0.15, 0.2) is 12.1 Å². The predicted molar refractivity (Wildman–Crippen MR) is 58.8 cm³/mol. The van der Waals surface area contributed by atoms with Gasteiger partial charge >= 0.3 is 6.18 Å². The Labute approximate surface area is 97.4 Å². The number of anilines is 1. The monoisotopic (exact) mass is 245 g/mol. The number of alkyl halides is 3. The summed E-state index contributed by atoms with van der Waals surface area (Å²) in [6.07, 6.45) is -3.49. The molecule has 0 aromatic carbocycles. The summed E-state index contributed by atoms with van der Waals surface area (Å²) in [4.78, 5) is 5.92. The van der Waals surface area contributed by atoms with Crippen LogP contribution in [0.5, 0.6) is 0 Å². The Kier molecular flexibility index (Phi) is 2.99. The fourth-order valence-corrected chi connectivity index (χ4v) is 2.02. The van der Waals surface area contributed by atoms with Crippen LogP contribution in [0.4, 0.5) is 19.0 Å². The highest BCUT2D eigenvalue weighted by atomic mass is 19.4. The van der Waals surface area contributed by atoms with Crippen LogP contribution in [-0.4, -0.2) is 24.1 Å². The van der Waals surface area contributed by atoms with Crippen LogP contribution >= 0.6 is 0 Å². The Balaban J connectivity index is 2.25. The van der Waals surface area contributed by atoms with Crippen LogP contribution in [0.3, 0.4) is 0 Å². The average Bonchev–Trinajstić information content (AvgIpc) is 2.62. The molecule has 2 N–H and O–H groups in total. The minimum absolute atomic E-state index is 0.00970. The first-order chi connectivity index (χ1) is 7.88. The molecule has 0 spiro atoms. The molecule has 2 rings (SSSR count). The smallest absolute Gasteiger partial charge is 0.355 e. The van der Waals surface area contributed by atoms with E-state index in [1.165, 1.54) is 13.0 Å². The van der Waals surface area contributed by atoms with Crippen LogP contribution in [-0.2, 0) is 6.18 Å². The van der Waals surface area contributed by atoms with Gasteiger partial charge in [-0.25, -0.2) is 4.98 Å². The van der Waals surface area contributed by atoms with Crippen molar-refractivity contribution in [2.75, 3.05) is 18.0 Å². The Morgan fingerprint density at radius 1 is 1.41 bits per heavy atom. The van der Waals surface area contributed by atoms with Crippen molar-refractivity contribution in [1.29, 1.82) is 0 Å². The van der Waals surface area contributed by atoms with E-state index in [4.69, 9.17) is 5.73 Å². The third-order valence-electron chi connectivity index (χ3n) is 2.93. The Bertz CT molecular complexity index is 417. The lowest BCUT2D eigenvalue weighted by Crippen LogP contribution is -2.27. The second-order valence-corrected chi connectivity index (χ2v) is 4.29. The van der Waals surface area contributed by atoms with Gasteiger partial charge < -0.3 is 10.6 Å². The maximum absolute atomic E-state index is 12.5. The molecule has 0 bridgehead atoms. The SMILES string of the molecule is Cc1nc(N2CC[C@@H](N)C2)ccc1C(F)(F)F. The van der Waals surface area contributed by atoms with E-state index in [0.717, 1.165) is 19.0 Å². The molecule has 3 nitrogen and oxygen atoms in total. The second kappa shape index (κ2) is 4.18. The number of hydrogen-bond donors (Lipinski definition) is 1. The summed E-state index contributed by atoms with van der Waals surface area (Å²) in [5.74, 6) is 0.573. The molecule has 0 aliphatic carbocycles. The maximum atomic E-state index is 12.5. The summed E-state index contributed by atoms with van der Waals surface area (Å²) >= 11 is 0. The van der Waals surface area contributed by atoms with Crippen molar-refractivity contribution in [3.8, 4) is 0 Å². The van der Waals surface area contributed by atoms with Crippen molar-refractivity contribution in [2.45, 2.75) is 25.6 Å². The molecule has 1 aliphatic heterocycles. The molecule has 1 aromatic heterocycles. The molecule has 17 heavy (non-hydrogen) atoms. The third kappa shape index (κ3) is 2.52. The van der Waals surface area contributed by atoms with E-state index in [1.807, 2.05) is 4.90 Å². The van der Waals surface area contributed by atoms with Gasteiger partial charge in [0, 0.05) is 19.1 Å². The predicted octanol–water partition coefficient (Wildman–Crippen LogP) is 1.95. The van der Waals surface area contributed by atoms with Crippen LogP contribution in [0.1, 0.15) is 17.7 Å². The van der Waals surface area contributed by atoms with E-state index >= 15 is 0 Å². The first-order valence-corrected chi connectivity index (χ1v) is 5.43. The zero-order chi connectivity index (χ0) is 12.6. The summed E-state index contributed by atoms with van der Waals surface area (Å²) in [7, 11) is 0. The molecule has 94 valence electrons. The van der Waals surface area contributed by atoms with Gasteiger partial charge in [0.05, 0.1) is 11.3 Å². The molecule has 1 aliphatic rings. The summed E-state index contributed by atoms with van der Waals surface area (Å²) in [6.45, 7) is 2.78. The average molecular weight is 245 g/mol. The highest BCUT2D eigenvalue weighted by molar-refractivity contribution is 5.43. The Morgan fingerprint density at radius 3 is 2.59 bits per heavy atom. The van der Waals surface area contributed by atoms with E-state index in [1.54, 1.807) is 0 Å². The van der Waals surface area contributed by atoms with Gasteiger partial charge in [-0.3, -0.25) is 0 Å². The number of pyridine rings is 1. The molecule has 2 heterocycles. The van der Waals surface area contributed by atoms with Crippen LogP contribution in [0.2, 0.25) is 0 Å². The summed E-state index contributed by atoms with van der Waals surface area (Å²) < 4.78 is 37.6. The highest BCUT2D eigenvalue weighted by Crippen LogP contribution is 2.32. The van der Waals surface area contributed by atoms with E-state index in [9.17, 15) is 13.2 Å². The number of halogens is 3. The first-order valence-electron chi connectivity index (χ1n) is 5.43. The molecule has 1 fully saturated rings. The zero-order valence-corrected chi connectivity index (χ0v) is 9.46. The van der Waals surface area contributed by atoms with Crippen LogP contribution < -0.4 is 10.6 Å². The number of nitrogens with zero attached hydrogens (tertiary/aromatic N) is 2. The van der Waals surface area contributed by atoms with Gasteiger partial charge in [-0.1, -0.05) is 0 Å². The normalized spacial score (nSPS) is 21.0. The summed E-state index contributed by atoms with van der Waals surface area (Å²) in [5, 5.41) is 0. The summed E-state index contributed by atoms with van der Waals surface area (Å²) in [6, 6.07) is 2.58. The van der Waals surface area contributed by atoms with Crippen molar-refractivity contribution in [1.82, 2.24) is 4.98 Å². The van der Waals surface area contributed by atoms with Crippen molar-refractivity contribution >= 4 is 5.82 Å². The molecule has 1 saturated heterocycles. The van der Waals surface area contributed by atoms with Crippen molar-refractivity contribution in [3.63, 3.8) is 0 Å². The van der Waals surface area contributed by atoms with Crippen molar-refractivity contribution in [3.05, 3.63) is 23.4 Å². The zero-order valence-electron chi connectivity index (χ0n) is 9.46. The fourth-order valence-electron chi connectivity index (χ4n) is 2.02. The highest BCUT2D eigenvalue weighted by Gasteiger charge is 2.33. The van der Waals surface area contributed by atoms with Crippen LogP contribution in [0.25, 0.3) is 0 Å². The Morgan fingerprint density at radius 2 is 2.12 bits per heavy atom. The number of rotatable bonds is 1. The number of aromatic nitrogens is 1. The lowest BCUT2D eigenvalue weighted by atomic mass is 10.2. The lowest BCUT2D eigenvalue weighted by molar-refractivity contribution is -0.138. The molecule has 0 unspecified atom stereocenters. The molecule has 1 atom stereocenters. The summed E-state index contributed by atoms with van der Waals surface area (Å²) in [5.41, 5.74) is 5.08. The van der Waals surface area contributed by atoms with Gasteiger partial charge in [0.1, 0.15) is 5.82 Å². The fraction of sp³-hybridized carbons (Fsp3) is 0.545. The lowest BCUT2D eigenvalue weighted by Gasteiger charge is -2.18. The van der Waals surface area contributed by atoms with Gasteiger partial charge in [0.2, 0.25) is 0 Å². The molecule has 1 aromatic rings. The quantitative estimate of drug-likeness (QED) is 0.822. The molecule has 0 radical (unpaired) electrons. The van der Waals surface area contributed by atoms with E-state index in [0.29, 0.717) is 12.4 Å². The van der Waals surface area contributed by atoms with Gasteiger partial charge in [-0.2, -0.15) is 13.2 Å². The molecule has 6 heteroatoms. The minimum Gasteiger partial charge on any atom is -0.355 e. The van der Waals surface area contributed by atoms with Gasteiger partial charge in [0.15, 0.2) is 0 Å². The molecule has 0 amide bonds. The topological polar surface area (TPSA) is 42.2 Å². The van der Waals surface area contributed by atoms with Gasteiger partial charge in [-0.05, 0) is 25.5 Å². The third-order valence-corrected chi connectivity index (χ3v) is 2.93. The molecule has 0 saturated carbocycles.